The van der Waals surface area contributed by atoms with E-state index in [1.54, 1.807) is 36.4 Å². The first-order valence-electron chi connectivity index (χ1n) is 8.08. The zero-order valence-corrected chi connectivity index (χ0v) is 15.8. The van der Waals surface area contributed by atoms with E-state index < -0.39 is 5.25 Å². The third-order valence-corrected chi connectivity index (χ3v) is 5.23. The maximum Gasteiger partial charge on any atom is 0.262 e. The number of fused-ring (bicyclic) bond motifs is 1. The summed E-state index contributed by atoms with van der Waals surface area (Å²) in [7, 11) is 0. The fourth-order valence-corrected chi connectivity index (χ4v) is 3.76. The Hall–Kier alpha value is -2.37. The van der Waals surface area contributed by atoms with Crippen LogP contribution in [0.4, 0.5) is 0 Å². The molecule has 4 nitrogen and oxygen atoms in total. The summed E-state index contributed by atoms with van der Waals surface area (Å²) in [4.78, 5) is 30.0. The number of aromatic nitrogens is 2. The Bertz CT molecular complexity index is 1030. The minimum atomic E-state index is -0.392. The minimum absolute atomic E-state index is 0.0128. The highest BCUT2D eigenvalue weighted by Crippen LogP contribution is 2.26. The lowest BCUT2D eigenvalue weighted by molar-refractivity contribution is 0.0994. The van der Waals surface area contributed by atoms with Crippen LogP contribution in [0.15, 0.2) is 71.1 Å². The van der Waals surface area contributed by atoms with Crippen molar-refractivity contribution in [1.82, 2.24) is 9.55 Å². The number of Topliss-reactive ketones (excluding diaryl/α,β-unsaturated/α-hetero) is 1. The largest absolute Gasteiger partial charge is 0.293 e. The van der Waals surface area contributed by atoms with Gasteiger partial charge in [0, 0.05) is 17.1 Å². The van der Waals surface area contributed by atoms with Crippen molar-refractivity contribution < 1.29 is 4.79 Å². The lowest BCUT2D eigenvalue weighted by Gasteiger charge is -2.15. The van der Waals surface area contributed by atoms with E-state index >= 15 is 0 Å². The van der Waals surface area contributed by atoms with Crippen molar-refractivity contribution in [3.63, 3.8) is 0 Å². The summed E-state index contributed by atoms with van der Waals surface area (Å²) in [6, 6.07) is 14.1. The van der Waals surface area contributed by atoms with E-state index in [4.69, 9.17) is 11.6 Å². The highest BCUT2D eigenvalue weighted by atomic mass is 35.5. The Kier molecular flexibility index (Phi) is 5.59. The number of hydrogen-bond acceptors (Lipinski definition) is 4. The molecule has 0 spiro atoms. The van der Waals surface area contributed by atoms with Gasteiger partial charge in [-0.05, 0) is 25.1 Å². The molecule has 3 rings (SSSR count). The molecule has 0 N–H and O–H groups in total. The van der Waals surface area contributed by atoms with Gasteiger partial charge in [-0.3, -0.25) is 14.2 Å². The molecule has 0 fully saturated rings. The fourth-order valence-electron chi connectivity index (χ4n) is 2.60. The Morgan fingerprint density at radius 3 is 2.73 bits per heavy atom. The number of rotatable bonds is 6. The molecule has 0 unspecified atom stereocenters. The van der Waals surface area contributed by atoms with Crippen LogP contribution in [-0.2, 0) is 6.54 Å². The molecule has 0 amide bonds. The van der Waals surface area contributed by atoms with Crippen LogP contribution in [0.1, 0.15) is 17.3 Å². The number of halogens is 1. The lowest BCUT2D eigenvalue weighted by atomic mass is 10.1. The minimum Gasteiger partial charge on any atom is -0.293 e. The van der Waals surface area contributed by atoms with E-state index in [9.17, 15) is 9.59 Å². The monoisotopic (exact) mass is 384 g/mol. The number of carbonyl (C=O) groups excluding carboxylic acids is 1. The Morgan fingerprint density at radius 1 is 1.31 bits per heavy atom. The van der Waals surface area contributed by atoms with E-state index in [2.05, 4.69) is 11.6 Å². The molecule has 26 heavy (non-hydrogen) atoms. The second kappa shape index (κ2) is 7.89. The van der Waals surface area contributed by atoms with Gasteiger partial charge < -0.3 is 0 Å². The van der Waals surface area contributed by atoms with E-state index in [1.807, 2.05) is 25.1 Å². The van der Waals surface area contributed by atoms with Gasteiger partial charge in [0.25, 0.3) is 5.56 Å². The molecule has 0 saturated carbocycles. The summed E-state index contributed by atoms with van der Waals surface area (Å²) in [5, 5.41) is 1.08. The molecule has 0 bridgehead atoms. The van der Waals surface area contributed by atoms with Gasteiger partial charge in [-0.15, -0.1) is 6.58 Å². The first kappa shape index (κ1) is 18.4. The SMILES string of the molecule is C=CCn1c(S[C@H](C)C(=O)c2ccccc2)nc2cc(Cl)ccc2c1=O. The number of carbonyl (C=O) groups is 1. The van der Waals surface area contributed by atoms with Gasteiger partial charge in [0.2, 0.25) is 0 Å². The summed E-state index contributed by atoms with van der Waals surface area (Å²) < 4.78 is 1.53. The first-order chi connectivity index (χ1) is 12.5. The van der Waals surface area contributed by atoms with Gasteiger partial charge in [0.05, 0.1) is 16.2 Å². The number of thioether (sulfide) groups is 1. The molecule has 0 aliphatic rings. The molecule has 2 aromatic carbocycles. The van der Waals surface area contributed by atoms with Crippen LogP contribution in [0.25, 0.3) is 10.9 Å². The van der Waals surface area contributed by atoms with Crippen LogP contribution in [-0.4, -0.2) is 20.6 Å². The van der Waals surface area contributed by atoms with Crippen LogP contribution in [0.2, 0.25) is 5.02 Å². The molecule has 3 aromatic rings. The number of ketones is 1. The standard InChI is InChI=1S/C20H17ClN2O2S/c1-3-11-23-19(25)16-10-9-15(21)12-17(16)22-20(23)26-13(2)18(24)14-7-5-4-6-8-14/h3-10,12-13H,1,11H2,2H3/t13-/m1/s1. The molecule has 0 radical (unpaired) electrons. The van der Waals surface area contributed by atoms with Crippen molar-refractivity contribution >= 4 is 40.0 Å². The second-order valence-electron chi connectivity index (χ2n) is 5.75. The molecule has 132 valence electrons. The maximum absolute atomic E-state index is 12.8. The van der Waals surface area contributed by atoms with Crippen LogP contribution in [0, 0.1) is 0 Å². The predicted molar refractivity (Wildman–Crippen MR) is 107 cm³/mol. The number of benzene rings is 2. The van der Waals surface area contributed by atoms with Crippen molar-refractivity contribution in [3.8, 4) is 0 Å². The second-order valence-corrected chi connectivity index (χ2v) is 7.50. The molecular formula is C20H17ClN2O2S. The Balaban J connectivity index is 2.03. The van der Waals surface area contributed by atoms with Gasteiger partial charge in [-0.2, -0.15) is 0 Å². The summed E-state index contributed by atoms with van der Waals surface area (Å²) in [6.07, 6.45) is 1.64. The molecule has 1 aromatic heterocycles. The molecular weight excluding hydrogens is 368 g/mol. The molecule has 0 aliphatic carbocycles. The molecule has 0 saturated heterocycles. The zero-order valence-electron chi connectivity index (χ0n) is 14.2. The quantitative estimate of drug-likeness (QED) is 0.270. The summed E-state index contributed by atoms with van der Waals surface area (Å²) in [5.74, 6) is -0.0128. The summed E-state index contributed by atoms with van der Waals surface area (Å²) in [6.45, 7) is 5.84. The average molecular weight is 385 g/mol. The summed E-state index contributed by atoms with van der Waals surface area (Å²) >= 11 is 7.29. The molecule has 1 heterocycles. The normalized spacial score (nSPS) is 12.1. The third kappa shape index (κ3) is 3.74. The Labute approximate surface area is 160 Å². The molecule has 6 heteroatoms. The number of allylic oxidation sites excluding steroid dienone is 1. The summed E-state index contributed by atoms with van der Waals surface area (Å²) in [5.41, 5.74) is 0.979. The van der Waals surface area contributed by atoms with Crippen molar-refractivity contribution in [3.05, 3.63) is 82.1 Å². The topological polar surface area (TPSA) is 52.0 Å². The smallest absolute Gasteiger partial charge is 0.262 e. The highest BCUT2D eigenvalue weighted by Gasteiger charge is 2.20. The van der Waals surface area contributed by atoms with Crippen molar-refractivity contribution in [2.45, 2.75) is 23.9 Å². The van der Waals surface area contributed by atoms with Gasteiger partial charge in [-0.25, -0.2) is 4.98 Å². The first-order valence-corrected chi connectivity index (χ1v) is 9.34. The van der Waals surface area contributed by atoms with E-state index in [0.717, 1.165) is 0 Å². The molecule has 1 atom stereocenters. The number of hydrogen-bond donors (Lipinski definition) is 0. The van der Waals surface area contributed by atoms with Gasteiger partial charge >= 0.3 is 0 Å². The average Bonchev–Trinajstić information content (AvgIpc) is 2.64. The lowest BCUT2D eigenvalue weighted by Crippen LogP contribution is -2.24. The van der Waals surface area contributed by atoms with E-state index in [-0.39, 0.29) is 11.3 Å². The zero-order chi connectivity index (χ0) is 18.7. The Morgan fingerprint density at radius 2 is 2.04 bits per heavy atom. The highest BCUT2D eigenvalue weighted by molar-refractivity contribution is 8.00. The van der Waals surface area contributed by atoms with Crippen molar-refractivity contribution in [2.24, 2.45) is 0 Å². The fraction of sp³-hybridized carbons (Fsp3) is 0.150. The predicted octanol–water partition coefficient (Wildman–Crippen LogP) is 4.60. The van der Waals surface area contributed by atoms with Crippen molar-refractivity contribution in [1.29, 1.82) is 0 Å². The van der Waals surface area contributed by atoms with Gasteiger partial charge in [-0.1, -0.05) is 59.8 Å². The molecule has 0 aliphatic heterocycles. The van der Waals surface area contributed by atoms with E-state index in [0.29, 0.717) is 33.2 Å². The van der Waals surface area contributed by atoms with Crippen LogP contribution in [0.3, 0.4) is 0 Å². The third-order valence-electron chi connectivity index (χ3n) is 3.90. The van der Waals surface area contributed by atoms with Crippen LogP contribution >= 0.6 is 23.4 Å². The van der Waals surface area contributed by atoms with Gasteiger partial charge in [0.15, 0.2) is 10.9 Å². The van der Waals surface area contributed by atoms with Gasteiger partial charge in [0.1, 0.15) is 0 Å². The van der Waals surface area contributed by atoms with E-state index in [1.165, 1.54) is 16.3 Å². The van der Waals surface area contributed by atoms with Crippen LogP contribution < -0.4 is 5.56 Å². The van der Waals surface area contributed by atoms with Crippen molar-refractivity contribution in [2.75, 3.05) is 0 Å². The number of nitrogens with zero attached hydrogens (tertiary/aromatic N) is 2. The maximum atomic E-state index is 12.8. The van der Waals surface area contributed by atoms with Crippen LogP contribution in [0.5, 0.6) is 0 Å².